The van der Waals surface area contributed by atoms with E-state index < -0.39 is 0 Å². The van der Waals surface area contributed by atoms with E-state index in [2.05, 4.69) is 39.0 Å². The molecule has 6 nitrogen and oxygen atoms in total. The maximum atomic E-state index is 5.02. The van der Waals surface area contributed by atoms with E-state index in [1.807, 2.05) is 12.4 Å². The Kier molecular flexibility index (Phi) is 11.3. The highest BCUT2D eigenvalue weighted by Gasteiger charge is 2.05. The van der Waals surface area contributed by atoms with E-state index in [0.717, 1.165) is 37.9 Å². The van der Waals surface area contributed by atoms with Crippen LogP contribution in [0.5, 0.6) is 0 Å². The fraction of sp³-hybridized carbons (Fsp3) is 0.714. The van der Waals surface area contributed by atoms with E-state index in [-0.39, 0.29) is 24.0 Å². The highest BCUT2D eigenvalue weighted by Crippen LogP contribution is 2.03. The number of halogens is 1. The van der Waals surface area contributed by atoms with Gasteiger partial charge in [0.25, 0.3) is 0 Å². The third kappa shape index (κ3) is 8.25. The van der Waals surface area contributed by atoms with Crippen LogP contribution in [-0.4, -0.2) is 42.8 Å². The lowest BCUT2D eigenvalue weighted by molar-refractivity contribution is 0.195. The first-order valence-electron chi connectivity index (χ1n) is 7.10. The second-order valence-electron chi connectivity index (χ2n) is 5.09. The average molecular weight is 409 g/mol. The summed E-state index contributed by atoms with van der Waals surface area (Å²) in [4.78, 5) is 8.58. The number of methoxy groups -OCH3 is 1. The van der Waals surface area contributed by atoms with Crippen LogP contribution in [0.1, 0.15) is 26.1 Å². The molecule has 0 saturated carbocycles. The van der Waals surface area contributed by atoms with Crippen LogP contribution in [0.2, 0.25) is 0 Å². The largest absolute Gasteiger partial charge is 0.385 e. The van der Waals surface area contributed by atoms with Gasteiger partial charge in [0.2, 0.25) is 0 Å². The maximum absolute atomic E-state index is 5.02. The van der Waals surface area contributed by atoms with Crippen LogP contribution in [-0.2, 0) is 17.8 Å². The number of nitrogens with zero attached hydrogens (tertiary/aromatic N) is 3. The highest BCUT2D eigenvalue weighted by molar-refractivity contribution is 14.0. The van der Waals surface area contributed by atoms with E-state index in [9.17, 15) is 0 Å². The van der Waals surface area contributed by atoms with Gasteiger partial charge in [-0.2, -0.15) is 0 Å². The molecule has 0 aliphatic heterocycles. The molecule has 0 aliphatic rings. The van der Waals surface area contributed by atoms with Gasteiger partial charge in [0.15, 0.2) is 5.96 Å². The summed E-state index contributed by atoms with van der Waals surface area (Å²) in [5, 5.41) is 6.53. The third-order valence-corrected chi connectivity index (χ3v) is 2.82. The van der Waals surface area contributed by atoms with Gasteiger partial charge in [-0.15, -0.1) is 24.0 Å². The fourth-order valence-corrected chi connectivity index (χ4v) is 1.87. The van der Waals surface area contributed by atoms with Crippen molar-refractivity contribution in [2.45, 2.75) is 33.4 Å². The summed E-state index contributed by atoms with van der Waals surface area (Å²) in [6.45, 7) is 7.65. The smallest absolute Gasteiger partial charge is 0.191 e. The van der Waals surface area contributed by atoms with Crippen LogP contribution < -0.4 is 10.6 Å². The van der Waals surface area contributed by atoms with Crippen molar-refractivity contribution in [1.29, 1.82) is 0 Å². The summed E-state index contributed by atoms with van der Waals surface area (Å²) in [5.41, 5.74) is 0. The van der Waals surface area contributed by atoms with Crippen LogP contribution >= 0.6 is 24.0 Å². The lowest BCUT2D eigenvalue weighted by Crippen LogP contribution is -2.38. The zero-order valence-corrected chi connectivity index (χ0v) is 15.8. The fourth-order valence-electron chi connectivity index (χ4n) is 1.87. The lowest BCUT2D eigenvalue weighted by Gasteiger charge is -2.13. The summed E-state index contributed by atoms with van der Waals surface area (Å²) < 4.78 is 7.19. The van der Waals surface area contributed by atoms with E-state index in [4.69, 9.17) is 4.74 Å². The minimum atomic E-state index is 0. The number of hydrogen-bond acceptors (Lipinski definition) is 3. The van der Waals surface area contributed by atoms with Crippen molar-refractivity contribution in [3.63, 3.8) is 0 Å². The SMILES string of the molecule is CN=C(NCCCOC)NCc1nccn1CC(C)C.I. The predicted molar refractivity (Wildman–Crippen MR) is 97.2 cm³/mol. The second kappa shape index (κ2) is 11.8. The molecular weight excluding hydrogens is 381 g/mol. The molecule has 1 rings (SSSR count). The zero-order chi connectivity index (χ0) is 14.8. The normalized spacial score (nSPS) is 11.4. The monoisotopic (exact) mass is 409 g/mol. The summed E-state index contributed by atoms with van der Waals surface area (Å²) in [5.74, 6) is 2.42. The minimum absolute atomic E-state index is 0. The Bertz CT molecular complexity index is 406. The van der Waals surface area contributed by atoms with Gasteiger partial charge in [0.05, 0.1) is 6.54 Å². The van der Waals surface area contributed by atoms with E-state index in [1.165, 1.54) is 0 Å². The first-order chi connectivity index (χ1) is 9.67. The molecule has 0 atom stereocenters. The number of guanidine groups is 1. The highest BCUT2D eigenvalue weighted by atomic mass is 127. The number of aromatic nitrogens is 2. The molecule has 7 heteroatoms. The molecule has 0 spiro atoms. The molecular formula is C14H28IN5O. The molecule has 0 saturated heterocycles. The Balaban J connectivity index is 0.00000400. The van der Waals surface area contributed by atoms with Crippen molar-refractivity contribution in [1.82, 2.24) is 20.2 Å². The Morgan fingerprint density at radius 1 is 1.43 bits per heavy atom. The molecule has 0 bridgehead atoms. The van der Waals surface area contributed by atoms with E-state index in [1.54, 1.807) is 14.2 Å². The average Bonchev–Trinajstić information content (AvgIpc) is 2.84. The first-order valence-corrected chi connectivity index (χ1v) is 7.10. The maximum Gasteiger partial charge on any atom is 0.191 e. The predicted octanol–water partition coefficient (Wildman–Crippen LogP) is 1.86. The number of rotatable bonds is 8. The van der Waals surface area contributed by atoms with Crippen molar-refractivity contribution in [2.75, 3.05) is 27.3 Å². The Hall–Kier alpha value is -0.830. The van der Waals surface area contributed by atoms with Crippen LogP contribution in [0.25, 0.3) is 0 Å². The number of imidazole rings is 1. The van der Waals surface area contributed by atoms with Crippen molar-refractivity contribution in [2.24, 2.45) is 10.9 Å². The van der Waals surface area contributed by atoms with Gasteiger partial charge >= 0.3 is 0 Å². The van der Waals surface area contributed by atoms with Gasteiger partial charge in [-0.25, -0.2) is 4.98 Å². The summed E-state index contributed by atoms with van der Waals surface area (Å²) >= 11 is 0. The number of ether oxygens (including phenoxy) is 1. The Labute approximate surface area is 144 Å². The molecule has 2 N–H and O–H groups in total. The van der Waals surface area contributed by atoms with Crippen LogP contribution in [0.15, 0.2) is 17.4 Å². The Morgan fingerprint density at radius 2 is 2.19 bits per heavy atom. The Morgan fingerprint density at radius 3 is 2.81 bits per heavy atom. The quantitative estimate of drug-likeness (QED) is 0.298. The summed E-state index contributed by atoms with van der Waals surface area (Å²) in [6, 6.07) is 0. The van der Waals surface area contributed by atoms with Crippen LogP contribution in [0.4, 0.5) is 0 Å². The summed E-state index contributed by atoms with van der Waals surface area (Å²) in [7, 11) is 3.48. The molecule has 0 amide bonds. The molecule has 0 radical (unpaired) electrons. The van der Waals surface area contributed by atoms with E-state index in [0.29, 0.717) is 12.5 Å². The third-order valence-electron chi connectivity index (χ3n) is 2.82. The van der Waals surface area contributed by atoms with Crippen LogP contribution in [0, 0.1) is 5.92 Å². The second-order valence-corrected chi connectivity index (χ2v) is 5.09. The topological polar surface area (TPSA) is 63.5 Å². The molecule has 0 aromatic carbocycles. The number of nitrogens with one attached hydrogen (secondary N) is 2. The molecule has 0 unspecified atom stereocenters. The lowest BCUT2D eigenvalue weighted by atomic mass is 10.2. The molecule has 0 aliphatic carbocycles. The van der Waals surface area contributed by atoms with Gasteiger partial charge in [-0.1, -0.05) is 13.8 Å². The summed E-state index contributed by atoms with van der Waals surface area (Å²) in [6.07, 6.45) is 4.82. The van der Waals surface area contributed by atoms with Gasteiger partial charge < -0.3 is 19.9 Å². The first kappa shape index (κ1) is 20.2. The minimum Gasteiger partial charge on any atom is -0.385 e. The molecule has 0 fully saturated rings. The van der Waals surface area contributed by atoms with Gasteiger partial charge in [0.1, 0.15) is 5.82 Å². The molecule has 1 aromatic rings. The van der Waals surface area contributed by atoms with Gasteiger partial charge in [-0.3, -0.25) is 4.99 Å². The van der Waals surface area contributed by atoms with Crippen molar-refractivity contribution in [3.05, 3.63) is 18.2 Å². The van der Waals surface area contributed by atoms with Crippen molar-refractivity contribution in [3.8, 4) is 0 Å². The van der Waals surface area contributed by atoms with Crippen molar-refractivity contribution < 1.29 is 4.74 Å². The number of hydrogen-bond donors (Lipinski definition) is 2. The van der Waals surface area contributed by atoms with E-state index >= 15 is 0 Å². The molecule has 1 aromatic heterocycles. The molecule has 1 heterocycles. The van der Waals surface area contributed by atoms with Crippen LogP contribution in [0.3, 0.4) is 0 Å². The van der Waals surface area contributed by atoms with Crippen molar-refractivity contribution >= 4 is 29.9 Å². The standard InChI is InChI=1S/C14H27N5O.HI/c1-12(2)11-19-8-7-16-13(19)10-18-14(15-3)17-6-5-9-20-4;/h7-8,12H,5-6,9-11H2,1-4H3,(H2,15,17,18);1H. The molecule has 21 heavy (non-hydrogen) atoms. The number of aliphatic imine (C=N–C) groups is 1. The zero-order valence-electron chi connectivity index (χ0n) is 13.4. The molecule has 122 valence electrons. The van der Waals surface area contributed by atoms with Gasteiger partial charge in [0, 0.05) is 46.2 Å². The van der Waals surface area contributed by atoms with Gasteiger partial charge in [-0.05, 0) is 12.3 Å².